The van der Waals surface area contributed by atoms with Crippen LogP contribution in [0.2, 0.25) is 0 Å². The fourth-order valence-electron chi connectivity index (χ4n) is 10.3. The van der Waals surface area contributed by atoms with E-state index >= 15 is 0 Å². The van der Waals surface area contributed by atoms with Crippen molar-refractivity contribution >= 4 is 0 Å². The molecule has 210 valence electrons. The number of nitrogens with zero attached hydrogens (tertiary/aromatic N) is 1. The van der Waals surface area contributed by atoms with Crippen LogP contribution in [0.1, 0.15) is 96.6 Å². The highest BCUT2D eigenvalue weighted by molar-refractivity contribution is 5.34. The Morgan fingerprint density at radius 3 is 2.45 bits per heavy atom. The van der Waals surface area contributed by atoms with E-state index in [1.807, 2.05) is 24.3 Å². The number of para-hydroxylation sites is 1. The van der Waals surface area contributed by atoms with Crippen LogP contribution in [0.3, 0.4) is 0 Å². The van der Waals surface area contributed by atoms with E-state index in [4.69, 9.17) is 4.74 Å². The van der Waals surface area contributed by atoms with Crippen LogP contribution in [0.4, 0.5) is 0 Å². The molecule has 5 rings (SSSR count). The molecular formula is C33H49NO4. The van der Waals surface area contributed by atoms with Gasteiger partial charge < -0.3 is 20.1 Å². The molecule has 4 fully saturated rings. The Hall–Kier alpha value is -1.61. The fourth-order valence-corrected chi connectivity index (χ4v) is 10.3. The first kappa shape index (κ1) is 27.9. The van der Waals surface area contributed by atoms with Gasteiger partial charge in [-0.1, -0.05) is 51.8 Å². The molecule has 0 saturated heterocycles. The van der Waals surface area contributed by atoms with Crippen LogP contribution in [0.15, 0.2) is 24.3 Å². The number of ether oxygens (including phenoxy) is 1. The van der Waals surface area contributed by atoms with Gasteiger partial charge in [-0.25, -0.2) is 0 Å². The number of benzene rings is 1. The van der Waals surface area contributed by atoms with Crippen molar-refractivity contribution in [2.24, 2.45) is 52.3 Å². The number of fused-ring (bicyclic) bond motifs is 5. The molecule has 38 heavy (non-hydrogen) atoms. The predicted molar refractivity (Wildman–Crippen MR) is 148 cm³/mol. The van der Waals surface area contributed by atoms with Crippen molar-refractivity contribution in [1.29, 1.82) is 5.26 Å². The average Bonchev–Trinajstić information content (AvgIpc) is 3.28. The molecule has 5 nitrogen and oxygen atoms in total. The molecule has 4 aliphatic rings. The van der Waals surface area contributed by atoms with E-state index in [0.29, 0.717) is 36.0 Å². The summed E-state index contributed by atoms with van der Waals surface area (Å²) in [5.74, 6) is 3.46. The van der Waals surface area contributed by atoms with Gasteiger partial charge in [-0.3, -0.25) is 0 Å². The van der Waals surface area contributed by atoms with Gasteiger partial charge in [0.1, 0.15) is 5.75 Å². The van der Waals surface area contributed by atoms with Gasteiger partial charge in [0, 0.05) is 5.56 Å². The topological polar surface area (TPSA) is 93.7 Å². The minimum atomic E-state index is -0.693. The number of aliphatic hydroxyl groups is 3. The Bertz CT molecular complexity index is 1020. The van der Waals surface area contributed by atoms with Crippen LogP contribution in [0, 0.1) is 63.6 Å². The Morgan fingerprint density at radius 2 is 1.71 bits per heavy atom. The fraction of sp³-hybridized carbons (Fsp3) is 0.788. The Kier molecular flexibility index (Phi) is 7.91. The van der Waals surface area contributed by atoms with Crippen LogP contribution in [-0.2, 0) is 0 Å². The third-order valence-electron chi connectivity index (χ3n) is 12.3. The van der Waals surface area contributed by atoms with E-state index in [-0.39, 0.29) is 22.7 Å². The second-order valence-electron chi connectivity index (χ2n) is 13.9. The normalized spacial score (nSPS) is 43.7. The lowest BCUT2D eigenvalue weighted by Crippen LogP contribution is -2.60. The second kappa shape index (κ2) is 10.8. The molecule has 0 bridgehead atoms. The first-order valence-corrected chi connectivity index (χ1v) is 15.2. The number of nitriles is 1. The molecule has 0 aromatic heterocycles. The molecule has 0 amide bonds. The first-order chi connectivity index (χ1) is 18.2. The maximum atomic E-state index is 10.9. The minimum Gasteiger partial charge on any atom is -0.496 e. The summed E-state index contributed by atoms with van der Waals surface area (Å²) in [7, 11) is 1.66. The van der Waals surface area contributed by atoms with Gasteiger partial charge in [0.05, 0.1) is 37.4 Å². The van der Waals surface area contributed by atoms with Crippen molar-refractivity contribution in [3.05, 3.63) is 29.8 Å². The summed E-state index contributed by atoms with van der Waals surface area (Å²) < 4.78 is 5.45. The van der Waals surface area contributed by atoms with Gasteiger partial charge in [-0.2, -0.15) is 5.26 Å². The van der Waals surface area contributed by atoms with Gasteiger partial charge in [-0.15, -0.1) is 0 Å². The average molecular weight is 524 g/mol. The van der Waals surface area contributed by atoms with Crippen LogP contribution >= 0.6 is 0 Å². The highest BCUT2D eigenvalue weighted by Gasteiger charge is 2.64. The predicted octanol–water partition coefficient (Wildman–Crippen LogP) is 6.28. The molecule has 5 heteroatoms. The molecule has 0 spiro atoms. The zero-order valence-electron chi connectivity index (χ0n) is 23.9. The van der Waals surface area contributed by atoms with E-state index in [0.717, 1.165) is 49.8 Å². The summed E-state index contributed by atoms with van der Waals surface area (Å²) in [5, 5.41) is 42.5. The number of aliphatic hydroxyl groups excluding tert-OH is 3. The van der Waals surface area contributed by atoms with E-state index < -0.39 is 18.3 Å². The maximum absolute atomic E-state index is 10.9. The monoisotopic (exact) mass is 523 g/mol. The Balaban J connectivity index is 1.27. The molecular weight excluding hydrogens is 474 g/mol. The largest absolute Gasteiger partial charge is 0.496 e. The van der Waals surface area contributed by atoms with Crippen molar-refractivity contribution in [2.45, 2.75) is 103 Å². The molecule has 0 heterocycles. The van der Waals surface area contributed by atoms with Crippen LogP contribution in [-0.4, -0.2) is 34.6 Å². The first-order valence-electron chi connectivity index (χ1n) is 15.2. The number of methoxy groups -OCH3 is 1. The lowest BCUT2D eigenvalue weighted by Gasteiger charge is -2.63. The molecule has 4 saturated carbocycles. The maximum Gasteiger partial charge on any atom is 0.124 e. The summed E-state index contributed by atoms with van der Waals surface area (Å²) in [4.78, 5) is 0. The molecule has 2 unspecified atom stereocenters. The lowest BCUT2D eigenvalue weighted by atomic mass is 9.42. The van der Waals surface area contributed by atoms with Crippen molar-refractivity contribution in [2.75, 3.05) is 7.11 Å². The SMILES string of the molecule is COc1ccccc1C(O)CCC[C@@H](C)[C@H]1CC[C@H]2[C@@H]3C(C#N)C[C@H]4[C@@H](O)[C@@H](O)CC[C@]4(C)[C@H]3CC[C@]12C. The van der Waals surface area contributed by atoms with Crippen molar-refractivity contribution in [1.82, 2.24) is 0 Å². The zero-order chi connectivity index (χ0) is 27.2. The quantitative estimate of drug-likeness (QED) is 0.391. The molecule has 4 aliphatic carbocycles. The van der Waals surface area contributed by atoms with Crippen LogP contribution in [0.25, 0.3) is 0 Å². The molecule has 12 atom stereocenters. The standard InChI is InChI=1S/C33H49NO4/c1-20(8-7-10-27(35)22-9-5-6-11-29(22)38-4)23-12-13-24-30-21(19-34)18-26-31(37)28(36)15-17-33(26,3)25(30)14-16-32(23,24)2/h5-6,9,11,20-21,23-28,30-31,35-37H,7-8,10,12-18H2,1-4H3/t20-,21?,23-,24+,25+,26+,27?,28+,30+,31-,32-,33-/m1/s1. The third kappa shape index (κ3) is 4.49. The second-order valence-corrected chi connectivity index (χ2v) is 13.9. The molecule has 1 aromatic carbocycles. The van der Waals surface area contributed by atoms with Crippen LogP contribution < -0.4 is 4.74 Å². The number of hydrogen-bond acceptors (Lipinski definition) is 5. The van der Waals surface area contributed by atoms with Gasteiger partial charge in [0.25, 0.3) is 0 Å². The highest BCUT2D eigenvalue weighted by Crippen LogP contribution is 2.69. The molecule has 1 aromatic rings. The smallest absolute Gasteiger partial charge is 0.124 e. The molecule has 0 radical (unpaired) electrons. The van der Waals surface area contributed by atoms with Gasteiger partial charge in [0.15, 0.2) is 0 Å². The van der Waals surface area contributed by atoms with Gasteiger partial charge in [-0.05, 0) is 104 Å². The van der Waals surface area contributed by atoms with E-state index in [1.54, 1.807) is 7.11 Å². The van der Waals surface area contributed by atoms with Gasteiger partial charge in [0.2, 0.25) is 0 Å². The highest BCUT2D eigenvalue weighted by atomic mass is 16.5. The Labute approximate surface area is 229 Å². The van der Waals surface area contributed by atoms with E-state index in [1.165, 1.54) is 19.3 Å². The number of rotatable bonds is 7. The summed E-state index contributed by atoms with van der Waals surface area (Å²) in [6, 6.07) is 10.5. The van der Waals surface area contributed by atoms with E-state index in [9.17, 15) is 20.6 Å². The summed E-state index contributed by atoms with van der Waals surface area (Å²) in [6.07, 6.45) is 8.17. The minimum absolute atomic E-state index is 0.0206. The van der Waals surface area contributed by atoms with Gasteiger partial charge >= 0.3 is 0 Å². The molecule has 3 N–H and O–H groups in total. The summed E-state index contributed by atoms with van der Waals surface area (Å²) >= 11 is 0. The number of hydrogen-bond donors (Lipinski definition) is 3. The van der Waals surface area contributed by atoms with Crippen molar-refractivity contribution in [3.63, 3.8) is 0 Å². The van der Waals surface area contributed by atoms with Crippen molar-refractivity contribution < 1.29 is 20.1 Å². The van der Waals surface area contributed by atoms with Crippen molar-refractivity contribution in [3.8, 4) is 11.8 Å². The third-order valence-corrected chi connectivity index (χ3v) is 12.3. The van der Waals surface area contributed by atoms with Crippen LogP contribution in [0.5, 0.6) is 5.75 Å². The summed E-state index contributed by atoms with van der Waals surface area (Å²) in [5.41, 5.74) is 1.16. The molecule has 0 aliphatic heterocycles. The lowest BCUT2D eigenvalue weighted by molar-refractivity contribution is -0.185. The zero-order valence-corrected chi connectivity index (χ0v) is 23.9. The Morgan fingerprint density at radius 1 is 1.00 bits per heavy atom. The summed E-state index contributed by atoms with van der Waals surface area (Å²) in [6.45, 7) is 7.30. The van der Waals surface area contributed by atoms with E-state index in [2.05, 4.69) is 26.8 Å².